The molecule has 0 aromatic carbocycles. The van der Waals surface area contributed by atoms with Gasteiger partial charge in [-0.05, 0) is 26.2 Å². The highest BCUT2D eigenvalue weighted by Gasteiger charge is 2.20. The fourth-order valence-electron chi connectivity index (χ4n) is 2.99. The predicted octanol–water partition coefficient (Wildman–Crippen LogP) is 5.10. The molecule has 0 saturated heterocycles. The van der Waals surface area contributed by atoms with Gasteiger partial charge in [0.05, 0.1) is 11.4 Å². The van der Waals surface area contributed by atoms with E-state index in [1.807, 2.05) is 13.8 Å². The molecule has 23 heavy (non-hydrogen) atoms. The van der Waals surface area contributed by atoms with Gasteiger partial charge in [-0.3, -0.25) is 4.55 Å². The maximum absolute atomic E-state index is 11.2. The van der Waals surface area contributed by atoms with Gasteiger partial charge in [-0.2, -0.15) is 8.42 Å². The number of aliphatic hydroxyl groups excluding tert-OH is 1. The van der Waals surface area contributed by atoms with Crippen molar-refractivity contribution in [2.75, 3.05) is 0 Å². The first kappa shape index (κ1) is 22.9. The molecule has 0 amide bonds. The van der Waals surface area contributed by atoms with Crippen molar-refractivity contribution in [3.05, 3.63) is 0 Å². The highest BCUT2D eigenvalue weighted by Crippen LogP contribution is 2.17. The number of rotatable bonds is 16. The van der Waals surface area contributed by atoms with Crippen molar-refractivity contribution in [1.82, 2.24) is 0 Å². The van der Waals surface area contributed by atoms with Crippen LogP contribution in [0.4, 0.5) is 0 Å². The second kappa shape index (κ2) is 14.2. The summed E-state index contributed by atoms with van der Waals surface area (Å²) in [6, 6.07) is 0. The summed E-state index contributed by atoms with van der Waals surface area (Å²) in [7, 11) is -3.86. The van der Waals surface area contributed by atoms with Crippen LogP contribution in [0.15, 0.2) is 0 Å². The van der Waals surface area contributed by atoms with Crippen LogP contribution in [0.3, 0.4) is 0 Å². The Morgan fingerprint density at radius 2 is 1.13 bits per heavy atom. The van der Waals surface area contributed by atoms with E-state index in [0.29, 0.717) is 12.8 Å². The van der Waals surface area contributed by atoms with Crippen LogP contribution in [0.25, 0.3) is 0 Å². The third kappa shape index (κ3) is 15.2. The molecule has 2 atom stereocenters. The van der Waals surface area contributed by atoms with Gasteiger partial charge in [-0.1, -0.05) is 77.6 Å². The lowest BCUT2D eigenvalue weighted by molar-refractivity contribution is 0.180. The first-order valence-electron chi connectivity index (χ1n) is 9.52. The van der Waals surface area contributed by atoms with Crippen LogP contribution in [-0.2, 0) is 10.1 Å². The summed E-state index contributed by atoms with van der Waals surface area (Å²) < 4.78 is 31.6. The van der Waals surface area contributed by atoms with Gasteiger partial charge in [0.2, 0.25) is 0 Å². The molecule has 0 aromatic rings. The van der Waals surface area contributed by atoms with Crippen LogP contribution in [0, 0.1) is 0 Å². The van der Waals surface area contributed by atoms with E-state index in [-0.39, 0.29) is 6.10 Å². The standard InChI is InChI=1S/C18H38O4S/c1-3-14-18(23(20,21)22)16-13-11-9-7-5-4-6-8-10-12-15-17(2)19/h17-19H,3-16H2,1-2H3,(H,20,21,22). The molecule has 5 heteroatoms. The van der Waals surface area contributed by atoms with Crippen molar-refractivity contribution in [2.45, 2.75) is 115 Å². The van der Waals surface area contributed by atoms with Crippen molar-refractivity contribution in [1.29, 1.82) is 0 Å². The summed E-state index contributed by atoms with van der Waals surface area (Å²) in [6.07, 6.45) is 14.5. The van der Waals surface area contributed by atoms with E-state index in [0.717, 1.165) is 38.5 Å². The number of aliphatic hydroxyl groups is 1. The van der Waals surface area contributed by atoms with E-state index >= 15 is 0 Å². The molecule has 0 radical (unpaired) electrons. The molecule has 0 fully saturated rings. The maximum Gasteiger partial charge on any atom is 0.267 e. The molecule has 0 heterocycles. The monoisotopic (exact) mass is 350 g/mol. The van der Waals surface area contributed by atoms with Gasteiger partial charge in [-0.25, -0.2) is 0 Å². The van der Waals surface area contributed by atoms with Gasteiger partial charge in [0, 0.05) is 0 Å². The van der Waals surface area contributed by atoms with Crippen molar-refractivity contribution in [2.24, 2.45) is 0 Å². The molecular formula is C18H38O4S. The molecule has 0 saturated carbocycles. The Labute approximate surface area is 143 Å². The number of hydrogen-bond donors (Lipinski definition) is 2. The quantitative estimate of drug-likeness (QED) is 0.300. The maximum atomic E-state index is 11.2. The molecule has 4 nitrogen and oxygen atoms in total. The first-order chi connectivity index (χ1) is 10.9. The van der Waals surface area contributed by atoms with E-state index in [1.165, 1.54) is 38.5 Å². The fraction of sp³-hybridized carbons (Fsp3) is 1.00. The minimum atomic E-state index is -3.86. The topological polar surface area (TPSA) is 74.6 Å². The minimum Gasteiger partial charge on any atom is -0.393 e. The summed E-state index contributed by atoms with van der Waals surface area (Å²) in [6.45, 7) is 3.79. The average molecular weight is 351 g/mol. The SMILES string of the molecule is CCCC(CCCCCCCCCCCCC(C)O)S(=O)(=O)O. The normalized spacial score (nSPS) is 14.8. The van der Waals surface area contributed by atoms with Crippen LogP contribution in [-0.4, -0.2) is 29.4 Å². The zero-order chi connectivity index (χ0) is 17.6. The largest absolute Gasteiger partial charge is 0.393 e. The smallest absolute Gasteiger partial charge is 0.267 e. The molecule has 0 aliphatic heterocycles. The summed E-state index contributed by atoms with van der Waals surface area (Å²) in [5.41, 5.74) is 0. The Balaban J connectivity index is 3.39. The Bertz CT molecular complexity index is 352. The molecule has 0 aromatic heterocycles. The second-order valence-corrected chi connectivity index (χ2v) is 8.58. The summed E-state index contributed by atoms with van der Waals surface area (Å²) in [4.78, 5) is 0. The number of unbranched alkanes of at least 4 members (excludes halogenated alkanes) is 9. The minimum absolute atomic E-state index is 0.159. The Hall–Kier alpha value is -0.130. The van der Waals surface area contributed by atoms with E-state index in [1.54, 1.807) is 0 Å². The third-order valence-electron chi connectivity index (χ3n) is 4.43. The molecule has 0 bridgehead atoms. The average Bonchev–Trinajstić information content (AvgIpc) is 2.45. The second-order valence-electron chi connectivity index (χ2n) is 6.89. The Morgan fingerprint density at radius 3 is 1.48 bits per heavy atom. The van der Waals surface area contributed by atoms with Gasteiger partial charge < -0.3 is 5.11 Å². The van der Waals surface area contributed by atoms with Gasteiger partial charge in [0.15, 0.2) is 0 Å². The molecule has 2 N–H and O–H groups in total. The molecule has 2 unspecified atom stereocenters. The fourth-order valence-corrected chi connectivity index (χ4v) is 3.99. The van der Waals surface area contributed by atoms with Gasteiger partial charge >= 0.3 is 0 Å². The van der Waals surface area contributed by atoms with Crippen LogP contribution in [0.2, 0.25) is 0 Å². The predicted molar refractivity (Wildman–Crippen MR) is 97.3 cm³/mol. The summed E-state index contributed by atoms with van der Waals surface area (Å²) >= 11 is 0. The van der Waals surface area contributed by atoms with Crippen molar-refractivity contribution in [3.63, 3.8) is 0 Å². The molecule has 0 spiro atoms. The van der Waals surface area contributed by atoms with Crippen LogP contribution < -0.4 is 0 Å². The van der Waals surface area contributed by atoms with Gasteiger partial charge in [-0.15, -0.1) is 0 Å². The van der Waals surface area contributed by atoms with E-state index in [4.69, 9.17) is 9.66 Å². The highest BCUT2D eigenvalue weighted by atomic mass is 32.2. The van der Waals surface area contributed by atoms with E-state index in [9.17, 15) is 8.42 Å². The van der Waals surface area contributed by atoms with Crippen molar-refractivity contribution >= 4 is 10.1 Å². The Kier molecular flexibility index (Phi) is 14.2. The first-order valence-corrected chi connectivity index (χ1v) is 11.0. The van der Waals surface area contributed by atoms with Gasteiger partial charge in [0.25, 0.3) is 10.1 Å². The summed E-state index contributed by atoms with van der Waals surface area (Å²) in [5.74, 6) is 0. The highest BCUT2D eigenvalue weighted by molar-refractivity contribution is 7.86. The lowest BCUT2D eigenvalue weighted by atomic mass is 10.0. The lowest BCUT2D eigenvalue weighted by Gasteiger charge is -2.12. The zero-order valence-corrected chi connectivity index (χ0v) is 16.0. The van der Waals surface area contributed by atoms with Crippen LogP contribution >= 0.6 is 0 Å². The Morgan fingerprint density at radius 1 is 0.739 bits per heavy atom. The molecular weight excluding hydrogens is 312 g/mol. The van der Waals surface area contributed by atoms with Gasteiger partial charge in [0.1, 0.15) is 0 Å². The van der Waals surface area contributed by atoms with E-state index in [2.05, 4.69) is 0 Å². The molecule has 0 rings (SSSR count). The lowest BCUT2D eigenvalue weighted by Crippen LogP contribution is -2.20. The van der Waals surface area contributed by atoms with Crippen molar-refractivity contribution in [3.8, 4) is 0 Å². The zero-order valence-electron chi connectivity index (χ0n) is 15.2. The molecule has 0 aliphatic rings. The molecule has 0 aliphatic carbocycles. The summed E-state index contributed by atoms with van der Waals surface area (Å²) in [5, 5.41) is 8.60. The van der Waals surface area contributed by atoms with Crippen LogP contribution in [0.1, 0.15) is 104 Å². The van der Waals surface area contributed by atoms with E-state index < -0.39 is 15.4 Å². The van der Waals surface area contributed by atoms with Crippen LogP contribution in [0.5, 0.6) is 0 Å². The number of hydrogen-bond acceptors (Lipinski definition) is 3. The van der Waals surface area contributed by atoms with Crippen molar-refractivity contribution < 1.29 is 18.1 Å². The molecule has 140 valence electrons. The third-order valence-corrected chi connectivity index (χ3v) is 5.74.